The lowest BCUT2D eigenvalue weighted by Crippen LogP contribution is -2.26. The van der Waals surface area contributed by atoms with Gasteiger partial charge in [-0.05, 0) is 34.1 Å². The molecule has 0 spiro atoms. The maximum Gasteiger partial charge on any atom is 0.252 e. The molecule has 2 nitrogen and oxygen atoms in total. The van der Waals surface area contributed by atoms with E-state index in [1.54, 1.807) is 17.8 Å². The van der Waals surface area contributed by atoms with E-state index in [0.29, 0.717) is 17.9 Å². The van der Waals surface area contributed by atoms with E-state index >= 15 is 0 Å². The molecule has 0 saturated heterocycles. The highest BCUT2D eigenvalue weighted by Gasteiger charge is 2.09. The highest BCUT2D eigenvalue weighted by Crippen LogP contribution is 2.21. The Balaban J connectivity index is 2.45. The number of amides is 1. The Labute approximate surface area is 122 Å². The first-order chi connectivity index (χ1) is 8.15. The zero-order valence-corrected chi connectivity index (χ0v) is 13.0. The van der Waals surface area contributed by atoms with E-state index in [-0.39, 0.29) is 5.91 Å². The summed E-state index contributed by atoms with van der Waals surface area (Å²) in [6.45, 7) is 0.619. The molecule has 0 saturated carbocycles. The van der Waals surface area contributed by atoms with Crippen molar-refractivity contribution in [1.82, 2.24) is 5.32 Å². The van der Waals surface area contributed by atoms with E-state index in [2.05, 4.69) is 43.1 Å². The van der Waals surface area contributed by atoms with Crippen LogP contribution >= 0.6 is 43.6 Å². The van der Waals surface area contributed by atoms with Crippen LogP contribution in [-0.4, -0.2) is 24.0 Å². The van der Waals surface area contributed by atoms with Gasteiger partial charge in [-0.3, -0.25) is 4.79 Å². The largest absolute Gasteiger partial charge is 0.351 e. The smallest absolute Gasteiger partial charge is 0.252 e. The third kappa shape index (κ3) is 5.15. The fourth-order valence-electron chi connectivity index (χ4n) is 1.14. The zero-order valence-electron chi connectivity index (χ0n) is 9.00. The van der Waals surface area contributed by atoms with Crippen LogP contribution in [0.5, 0.6) is 0 Å². The van der Waals surface area contributed by atoms with Crippen molar-refractivity contribution >= 4 is 49.5 Å². The Morgan fingerprint density at radius 3 is 2.88 bits per heavy atom. The molecule has 0 heterocycles. The van der Waals surface area contributed by atoms with Gasteiger partial charge in [-0.15, -0.1) is 18.2 Å². The van der Waals surface area contributed by atoms with Crippen molar-refractivity contribution < 1.29 is 4.79 Å². The number of carbonyl (C=O) groups is 1. The summed E-state index contributed by atoms with van der Waals surface area (Å²) in [5, 5.41) is 2.84. The molecule has 1 amide bonds. The van der Waals surface area contributed by atoms with Crippen LogP contribution < -0.4 is 5.32 Å². The number of thioether (sulfide) groups is 1. The summed E-state index contributed by atoms with van der Waals surface area (Å²) in [4.78, 5) is 11.8. The second-order valence-corrected chi connectivity index (χ2v) is 6.01. The quantitative estimate of drug-likeness (QED) is 0.630. The predicted molar refractivity (Wildman–Crippen MR) is 80.3 cm³/mol. The van der Waals surface area contributed by atoms with Crippen LogP contribution in [0.3, 0.4) is 0 Å². The van der Waals surface area contributed by atoms with Crippen molar-refractivity contribution in [3.05, 3.63) is 32.7 Å². The molecular weight excluding hydrogens is 366 g/mol. The average molecular weight is 377 g/mol. The third-order valence-corrected chi connectivity index (χ3v) is 3.91. The molecule has 0 atom stereocenters. The Bertz CT molecular complexity index is 443. The van der Waals surface area contributed by atoms with Crippen molar-refractivity contribution in [2.24, 2.45) is 0 Å². The predicted octanol–water partition coefficient (Wildman–Crippen LogP) is 3.31. The minimum Gasteiger partial charge on any atom is -0.351 e. The molecule has 17 heavy (non-hydrogen) atoms. The van der Waals surface area contributed by atoms with Gasteiger partial charge in [-0.2, -0.15) is 0 Å². The fraction of sp³-hybridized carbons (Fsp3) is 0.250. The van der Waals surface area contributed by atoms with Crippen molar-refractivity contribution in [3.8, 4) is 12.3 Å². The topological polar surface area (TPSA) is 29.1 Å². The number of nitrogens with one attached hydrogen (secondary N) is 1. The van der Waals surface area contributed by atoms with Gasteiger partial charge < -0.3 is 5.32 Å². The van der Waals surface area contributed by atoms with Crippen LogP contribution in [0.15, 0.2) is 27.1 Å². The molecule has 0 radical (unpaired) electrons. The lowest BCUT2D eigenvalue weighted by atomic mass is 10.2. The van der Waals surface area contributed by atoms with Gasteiger partial charge in [0.05, 0.1) is 11.3 Å². The summed E-state index contributed by atoms with van der Waals surface area (Å²) in [5.41, 5.74) is 0.634. The van der Waals surface area contributed by atoms with E-state index in [4.69, 9.17) is 6.42 Å². The summed E-state index contributed by atoms with van der Waals surface area (Å²) in [7, 11) is 0. The second kappa shape index (κ2) is 7.80. The van der Waals surface area contributed by atoms with E-state index in [0.717, 1.165) is 14.7 Å². The van der Waals surface area contributed by atoms with Crippen molar-refractivity contribution in [1.29, 1.82) is 0 Å². The van der Waals surface area contributed by atoms with Gasteiger partial charge in [0.15, 0.2) is 0 Å². The number of hydrogen-bond donors (Lipinski definition) is 1. The minimum atomic E-state index is -0.0781. The highest BCUT2D eigenvalue weighted by molar-refractivity contribution is 9.11. The molecule has 0 aliphatic heterocycles. The van der Waals surface area contributed by atoms with Gasteiger partial charge in [-0.25, -0.2) is 0 Å². The number of rotatable bonds is 5. The fourth-order valence-corrected chi connectivity index (χ4v) is 2.87. The number of benzene rings is 1. The summed E-state index contributed by atoms with van der Waals surface area (Å²) in [6.07, 6.45) is 5.13. The summed E-state index contributed by atoms with van der Waals surface area (Å²) >= 11 is 8.33. The first kappa shape index (κ1) is 14.6. The van der Waals surface area contributed by atoms with Crippen LogP contribution in [0.2, 0.25) is 0 Å². The van der Waals surface area contributed by atoms with E-state index in [1.807, 2.05) is 12.1 Å². The maximum absolute atomic E-state index is 11.8. The first-order valence-corrected chi connectivity index (χ1v) is 7.63. The molecular formula is C12H11Br2NOS. The molecule has 1 N–H and O–H groups in total. The lowest BCUT2D eigenvalue weighted by Gasteiger charge is -2.06. The minimum absolute atomic E-state index is 0.0781. The third-order valence-electron chi connectivity index (χ3n) is 1.89. The van der Waals surface area contributed by atoms with Gasteiger partial charge >= 0.3 is 0 Å². The van der Waals surface area contributed by atoms with Crippen molar-refractivity contribution in [2.75, 3.05) is 18.1 Å². The Morgan fingerprint density at radius 1 is 1.47 bits per heavy atom. The van der Waals surface area contributed by atoms with Gasteiger partial charge in [-0.1, -0.05) is 21.9 Å². The van der Waals surface area contributed by atoms with E-state index in [1.165, 1.54) is 0 Å². The van der Waals surface area contributed by atoms with Gasteiger partial charge in [0, 0.05) is 21.2 Å². The second-order valence-electron chi connectivity index (χ2n) is 3.14. The SMILES string of the molecule is C#CCSCCNC(=O)c1ccc(Br)cc1Br. The number of terminal acetylenes is 1. The molecule has 0 bridgehead atoms. The Kier molecular flexibility index (Phi) is 6.71. The van der Waals surface area contributed by atoms with E-state index in [9.17, 15) is 4.79 Å². The summed E-state index contributed by atoms with van der Waals surface area (Å²) < 4.78 is 1.71. The van der Waals surface area contributed by atoms with Gasteiger partial charge in [0.2, 0.25) is 0 Å². The molecule has 0 aromatic heterocycles. The summed E-state index contributed by atoms with van der Waals surface area (Å²) in [5.74, 6) is 3.96. The molecule has 5 heteroatoms. The molecule has 1 aromatic carbocycles. The molecule has 1 aromatic rings. The zero-order chi connectivity index (χ0) is 12.7. The highest BCUT2D eigenvalue weighted by atomic mass is 79.9. The standard InChI is InChI=1S/C12H11Br2NOS/c1-2-6-17-7-5-15-12(16)10-4-3-9(13)8-11(10)14/h1,3-4,8H,5-7H2,(H,15,16). The molecule has 0 aliphatic carbocycles. The molecule has 1 rings (SSSR count). The van der Waals surface area contributed by atoms with Crippen LogP contribution in [0, 0.1) is 12.3 Å². The normalized spacial score (nSPS) is 9.71. The first-order valence-electron chi connectivity index (χ1n) is 4.89. The van der Waals surface area contributed by atoms with Crippen LogP contribution in [0.4, 0.5) is 0 Å². The Morgan fingerprint density at radius 2 is 2.24 bits per heavy atom. The van der Waals surface area contributed by atoms with E-state index < -0.39 is 0 Å². The molecule has 0 unspecified atom stereocenters. The van der Waals surface area contributed by atoms with Crippen molar-refractivity contribution in [2.45, 2.75) is 0 Å². The lowest BCUT2D eigenvalue weighted by molar-refractivity contribution is 0.0955. The molecule has 90 valence electrons. The van der Waals surface area contributed by atoms with Crippen LogP contribution in [0.25, 0.3) is 0 Å². The van der Waals surface area contributed by atoms with Crippen LogP contribution in [0.1, 0.15) is 10.4 Å². The molecule has 0 aliphatic rings. The number of hydrogen-bond acceptors (Lipinski definition) is 2. The Hall–Kier alpha value is -0.440. The van der Waals surface area contributed by atoms with Gasteiger partial charge in [0.25, 0.3) is 5.91 Å². The van der Waals surface area contributed by atoms with Crippen LogP contribution in [-0.2, 0) is 0 Å². The molecule has 0 fully saturated rings. The number of carbonyl (C=O) groups excluding carboxylic acids is 1. The van der Waals surface area contributed by atoms with Crippen molar-refractivity contribution in [3.63, 3.8) is 0 Å². The van der Waals surface area contributed by atoms with Gasteiger partial charge in [0.1, 0.15) is 0 Å². The summed E-state index contributed by atoms with van der Waals surface area (Å²) in [6, 6.07) is 5.47. The number of halogens is 2. The average Bonchev–Trinajstić information content (AvgIpc) is 2.28. The monoisotopic (exact) mass is 375 g/mol. The maximum atomic E-state index is 11.8.